The van der Waals surface area contributed by atoms with Gasteiger partial charge < -0.3 is 9.47 Å². The second-order valence-electron chi connectivity index (χ2n) is 5.82. The van der Waals surface area contributed by atoms with Crippen molar-refractivity contribution in [1.82, 2.24) is 4.98 Å². The van der Waals surface area contributed by atoms with Crippen molar-refractivity contribution >= 4 is 22.8 Å². The van der Waals surface area contributed by atoms with Gasteiger partial charge in [-0.25, -0.2) is 9.59 Å². The highest BCUT2D eigenvalue weighted by Gasteiger charge is 2.20. The highest BCUT2D eigenvalue weighted by atomic mass is 16.6. The lowest BCUT2D eigenvalue weighted by Gasteiger charge is -2.20. The SMILES string of the molecule is CCOC(=O)c1cnc2cccc(C(=O)OC(C)(C)C)c2c1. The van der Waals surface area contributed by atoms with Gasteiger partial charge in [-0.2, -0.15) is 0 Å². The molecule has 0 unspecified atom stereocenters. The van der Waals surface area contributed by atoms with Crippen LogP contribution in [0.1, 0.15) is 48.4 Å². The first kappa shape index (κ1) is 15.9. The van der Waals surface area contributed by atoms with Crippen molar-refractivity contribution in [2.24, 2.45) is 0 Å². The summed E-state index contributed by atoms with van der Waals surface area (Å²) in [5.41, 5.74) is 0.721. The third-order valence-electron chi connectivity index (χ3n) is 2.86. The maximum absolute atomic E-state index is 12.3. The molecule has 0 saturated heterocycles. The summed E-state index contributed by atoms with van der Waals surface area (Å²) >= 11 is 0. The van der Waals surface area contributed by atoms with Gasteiger partial charge in [0, 0.05) is 11.6 Å². The van der Waals surface area contributed by atoms with Gasteiger partial charge in [-0.15, -0.1) is 0 Å². The molecule has 0 bridgehead atoms. The summed E-state index contributed by atoms with van der Waals surface area (Å²) in [6.45, 7) is 7.43. The van der Waals surface area contributed by atoms with Gasteiger partial charge in [0.1, 0.15) is 5.60 Å². The average Bonchev–Trinajstić information content (AvgIpc) is 2.44. The van der Waals surface area contributed by atoms with Crippen molar-refractivity contribution in [1.29, 1.82) is 0 Å². The number of nitrogens with zero attached hydrogens (tertiary/aromatic N) is 1. The van der Waals surface area contributed by atoms with Crippen molar-refractivity contribution in [2.75, 3.05) is 6.61 Å². The molecule has 0 spiro atoms. The van der Waals surface area contributed by atoms with Gasteiger partial charge in [-0.05, 0) is 45.9 Å². The first-order chi connectivity index (χ1) is 10.3. The van der Waals surface area contributed by atoms with Crippen LogP contribution >= 0.6 is 0 Å². The smallest absolute Gasteiger partial charge is 0.339 e. The third kappa shape index (κ3) is 3.61. The Morgan fingerprint density at radius 3 is 2.55 bits per heavy atom. The van der Waals surface area contributed by atoms with Crippen molar-refractivity contribution in [3.8, 4) is 0 Å². The molecule has 116 valence electrons. The number of carbonyl (C=O) groups is 2. The monoisotopic (exact) mass is 301 g/mol. The van der Waals surface area contributed by atoms with Crippen LogP contribution < -0.4 is 0 Å². The van der Waals surface area contributed by atoms with Crippen LogP contribution in [-0.4, -0.2) is 29.1 Å². The molecule has 1 heterocycles. The molecule has 2 rings (SSSR count). The predicted octanol–water partition coefficient (Wildman–Crippen LogP) is 3.37. The van der Waals surface area contributed by atoms with Crippen LogP contribution in [-0.2, 0) is 9.47 Å². The number of pyridine rings is 1. The molecule has 0 N–H and O–H groups in total. The van der Waals surface area contributed by atoms with Gasteiger partial charge in [-0.1, -0.05) is 6.07 Å². The zero-order chi connectivity index (χ0) is 16.3. The van der Waals surface area contributed by atoms with Crippen molar-refractivity contribution in [3.05, 3.63) is 41.6 Å². The van der Waals surface area contributed by atoms with Gasteiger partial charge in [0.05, 0.1) is 23.3 Å². The van der Waals surface area contributed by atoms with Crippen LogP contribution in [0.3, 0.4) is 0 Å². The molecule has 0 saturated carbocycles. The Kier molecular flexibility index (Phi) is 4.45. The summed E-state index contributed by atoms with van der Waals surface area (Å²) in [5.74, 6) is -0.906. The highest BCUT2D eigenvalue weighted by Crippen LogP contribution is 2.21. The standard InChI is InChI=1S/C17H19NO4/c1-5-21-15(19)11-9-13-12(16(20)22-17(2,3)4)7-6-8-14(13)18-10-11/h6-10H,5H2,1-4H3. The highest BCUT2D eigenvalue weighted by molar-refractivity contribution is 6.05. The van der Waals surface area contributed by atoms with Crippen LogP contribution in [0.25, 0.3) is 10.9 Å². The van der Waals surface area contributed by atoms with Crippen molar-refractivity contribution < 1.29 is 19.1 Å². The minimum Gasteiger partial charge on any atom is -0.462 e. The van der Waals surface area contributed by atoms with Crippen LogP contribution in [0.2, 0.25) is 0 Å². The maximum atomic E-state index is 12.3. The topological polar surface area (TPSA) is 65.5 Å². The first-order valence-corrected chi connectivity index (χ1v) is 7.11. The third-order valence-corrected chi connectivity index (χ3v) is 2.86. The van der Waals surface area contributed by atoms with E-state index in [1.807, 2.05) is 0 Å². The number of hydrogen-bond donors (Lipinski definition) is 0. The normalized spacial score (nSPS) is 11.3. The molecule has 0 atom stereocenters. The van der Waals surface area contributed by atoms with E-state index in [2.05, 4.69) is 4.98 Å². The molecule has 0 aliphatic rings. The van der Waals surface area contributed by atoms with Gasteiger partial charge in [0.2, 0.25) is 0 Å². The van der Waals surface area contributed by atoms with E-state index in [0.717, 1.165) is 0 Å². The van der Waals surface area contributed by atoms with Crippen LogP contribution in [0.15, 0.2) is 30.5 Å². The molecule has 0 aliphatic heterocycles. The lowest BCUT2D eigenvalue weighted by atomic mass is 10.1. The number of ether oxygens (including phenoxy) is 2. The molecule has 0 fully saturated rings. The first-order valence-electron chi connectivity index (χ1n) is 7.11. The van der Waals surface area contributed by atoms with Gasteiger partial charge in [0.25, 0.3) is 0 Å². The molecule has 5 nitrogen and oxygen atoms in total. The van der Waals surface area contributed by atoms with E-state index in [-0.39, 0.29) is 6.61 Å². The Balaban J connectivity index is 2.48. The van der Waals surface area contributed by atoms with Crippen molar-refractivity contribution in [3.63, 3.8) is 0 Å². The van der Waals surface area contributed by atoms with E-state index < -0.39 is 17.5 Å². The molecular formula is C17H19NO4. The minimum absolute atomic E-state index is 0.282. The van der Waals surface area contributed by atoms with Crippen LogP contribution in [0, 0.1) is 0 Å². The predicted molar refractivity (Wildman–Crippen MR) is 82.9 cm³/mol. The summed E-state index contributed by atoms with van der Waals surface area (Å²) in [6.07, 6.45) is 1.44. The molecule has 0 amide bonds. The van der Waals surface area contributed by atoms with E-state index in [9.17, 15) is 9.59 Å². The summed E-state index contributed by atoms with van der Waals surface area (Å²) < 4.78 is 10.4. The summed E-state index contributed by atoms with van der Waals surface area (Å²) in [4.78, 5) is 28.4. The van der Waals surface area contributed by atoms with Gasteiger partial charge in [0.15, 0.2) is 0 Å². The average molecular weight is 301 g/mol. The molecule has 0 radical (unpaired) electrons. The summed E-state index contributed by atoms with van der Waals surface area (Å²) in [5, 5.41) is 0.572. The Morgan fingerprint density at radius 1 is 1.18 bits per heavy atom. The zero-order valence-corrected chi connectivity index (χ0v) is 13.2. The fourth-order valence-corrected chi connectivity index (χ4v) is 1.99. The Bertz CT molecular complexity index is 716. The van der Waals surface area contributed by atoms with Crippen LogP contribution in [0.4, 0.5) is 0 Å². The number of hydrogen-bond acceptors (Lipinski definition) is 5. The van der Waals surface area contributed by atoms with Crippen molar-refractivity contribution in [2.45, 2.75) is 33.3 Å². The fourth-order valence-electron chi connectivity index (χ4n) is 1.99. The molecule has 1 aromatic heterocycles. The molecule has 2 aromatic rings. The van der Waals surface area contributed by atoms with E-state index in [4.69, 9.17) is 9.47 Å². The van der Waals surface area contributed by atoms with E-state index in [1.54, 1.807) is 52.0 Å². The lowest BCUT2D eigenvalue weighted by molar-refractivity contribution is 0.00715. The molecular weight excluding hydrogens is 282 g/mol. The van der Waals surface area contributed by atoms with E-state index >= 15 is 0 Å². The lowest BCUT2D eigenvalue weighted by Crippen LogP contribution is -2.24. The largest absolute Gasteiger partial charge is 0.462 e. The Morgan fingerprint density at radius 2 is 1.91 bits per heavy atom. The number of aromatic nitrogens is 1. The minimum atomic E-state index is -0.592. The number of fused-ring (bicyclic) bond motifs is 1. The number of benzene rings is 1. The van der Waals surface area contributed by atoms with Crippen LogP contribution in [0.5, 0.6) is 0 Å². The fraction of sp³-hybridized carbons (Fsp3) is 0.353. The molecule has 5 heteroatoms. The summed E-state index contributed by atoms with van der Waals surface area (Å²) in [6, 6.07) is 6.78. The summed E-state index contributed by atoms with van der Waals surface area (Å²) in [7, 11) is 0. The number of rotatable bonds is 3. The Hall–Kier alpha value is -2.43. The van der Waals surface area contributed by atoms with Gasteiger partial charge in [-0.3, -0.25) is 4.98 Å². The molecule has 0 aliphatic carbocycles. The van der Waals surface area contributed by atoms with Gasteiger partial charge >= 0.3 is 11.9 Å². The second-order valence-corrected chi connectivity index (χ2v) is 5.82. The number of carbonyl (C=O) groups excluding carboxylic acids is 2. The maximum Gasteiger partial charge on any atom is 0.339 e. The van der Waals surface area contributed by atoms with E-state index in [0.29, 0.717) is 22.0 Å². The molecule has 1 aromatic carbocycles. The second kappa shape index (κ2) is 6.13. The number of esters is 2. The zero-order valence-electron chi connectivity index (χ0n) is 13.2. The Labute approximate surface area is 129 Å². The molecule has 22 heavy (non-hydrogen) atoms. The van der Waals surface area contributed by atoms with E-state index in [1.165, 1.54) is 6.20 Å². The quantitative estimate of drug-likeness (QED) is 0.813.